The molecule has 0 radical (unpaired) electrons. The lowest BCUT2D eigenvalue weighted by molar-refractivity contribution is -0.150. The van der Waals surface area contributed by atoms with Gasteiger partial charge >= 0.3 is 11.9 Å². The molecule has 0 spiro atoms. The largest absolute Gasteiger partial charge is 0.465 e. The summed E-state index contributed by atoms with van der Waals surface area (Å²) in [4.78, 5) is 35.8. The number of piperidine rings is 1. The first-order valence-corrected chi connectivity index (χ1v) is 11.6. The quantitative estimate of drug-likeness (QED) is 0.463. The van der Waals surface area contributed by atoms with Gasteiger partial charge in [0.2, 0.25) is 10.0 Å². The van der Waals surface area contributed by atoms with Crippen LogP contribution in [0.4, 0.5) is 0 Å². The molecule has 1 saturated heterocycles. The molecule has 1 atom stereocenters. The number of methoxy groups -OCH3 is 1. The molecule has 0 saturated carbocycles. The summed E-state index contributed by atoms with van der Waals surface area (Å²) in [5.41, 5.74) is 1.45. The number of Topliss-reactive ketones (excluding diaryl/α,β-unsaturated/α-hetero) is 1. The molecule has 1 unspecified atom stereocenters. The van der Waals surface area contributed by atoms with Gasteiger partial charge in [0.05, 0.1) is 17.6 Å². The molecule has 170 valence electrons. The second-order valence-corrected chi connectivity index (χ2v) is 9.39. The van der Waals surface area contributed by atoms with Crippen LogP contribution in [0.1, 0.15) is 52.5 Å². The van der Waals surface area contributed by atoms with Crippen LogP contribution < -0.4 is 0 Å². The van der Waals surface area contributed by atoms with Crippen molar-refractivity contribution >= 4 is 27.7 Å². The lowest BCUT2D eigenvalue weighted by Gasteiger charge is -2.33. The maximum atomic E-state index is 13.2. The van der Waals surface area contributed by atoms with Crippen LogP contribution in [0.25, 0.3) is 0 Å². The number of carbonyl (C=O) groups is 3. The lowest BCUT2D eigenvalue weighted by Crippen LogP contribution is -2.48. The Morgan fingerprint density at radius 2 is 1.59 bits per heavy atom. The molecule has 1 heterocycles. The zero-order valence-electron chi connectivity index (χ0n) is 17.9. The first-order valence-electron chi connectivity index (χ1n) is 10.2. The van der Waals surface area contributed by atoms with Crippen LogP contribution in [0, 0.1) is 0 Å². The fourth-order valence-electron chi connectivity index (χ4n) is 3.53. The van der Waals surface area contributed by atoms with E-state index in [9.17, 15) is 22.8 Å². The molecule has 32 heavy (non-hydrogen) atoms. The molecule has 1 aliphatic rings. The van der Waals surface area contributed by atoms with Gasteiger partial charge in [0, 0.05) is 12.1 Å². The van der Waals surface area contributed by atoms with E-state index in [0.717, 1.165) is 0 Å². The third kappa shape index (κ3) is 5.23. The molecule has 0 aromatic heterocycles. The van der Waals surface area contributed by atoms with E-state index in [0.29, 0.717) is 36.0 Å². The average Bonchev–Trinajstić information content (AvgIpc) is 2.82. The molecule has 9 heteroatoms. The van der Waals surface area contributed by atoms with E-state index in [2.05, 4.69) is 4.74 Å². The van der Waals surface area contributed by atoms with Crippen LogP contribution in [0.2, 0.25) is 0 Å². The van der Waals surface area contributed by atoms with E-state index in [4.69, 9.17) is 4.74 Å². The van der Waals surface area contributed by atoms with E-state index < -0.39 is 28.0 Å². The van der Waals surface area contributed by atoms with Gasteiger partial charge in [0.15, 0.2) is 5.78 Å². The van der Waals surface area contributed by atoms with E-state index in [1.807, 2.05) is 0 Å². The second kappa shape index (κ2) is 10.1. The predicted octanol–water partition coefficient (Wildman–Crippen LogP) is 2.96. The monoisotopic (exact) mass is 459 g/mol. The van der Waals surface area contributed by atoms with Gasteiger partial charge in [0.1, 0.15) is 12.6 Å². The number of nitrogens with zero attached hydrogens (tertiary/aromatic N) is 1. The number of ether oxygens (including phenoxy) is 2. The number of esters is 2. The zero-order chi connectivity index (χ0) is 23.3. The molecule has 2 aromatic rings. The van der Waals surface area contributed by atoms with Gasteiger partial charge in [-0.05, 0) is 56.0 Å². The molecule has 0 N–H and O–H groups in total. The third-order valence-corrected chi connectivity index (χ3v) is 7.27. The second-order valence-electron chi connectivity index (χ2n) is 7.50. The van der Waals surface area contributed by atoms with Crippen LogP contribution in [0.15, 0.2) is 53.4 Å². The number of hydrogen-bond donors (Lipinski definition) is 0. The van der Waals surface area contributed by atoms with Gasteiger partial charge in [-0.1, -0.05) is 24.3 Å². The Balaban J connectivity index is 1.71. The maximum Gasteiger partial charge on any atom is 0.337 e. The topological polar surface area (TPSA) is 107 Å². The number of benzene rings is 2. The minimum Gasteiger partial charge on any atom is -0.465 e. The standard InChI is InChI=1S/C23H25NO7S/c1-16(25)18-10-12-20(13-11-18)32(28,29)24-14-4-3-5-21(24)23(27)31-15-17-6-8-19(9-7-17)22(26)30-2/h6-13,21H,3-5,14-15H2,1-2H3. The molecule has 0 amide bonds. The van der Waals surface area contributed by atoms with Crippen molar-refractivity contribution < 1.29 is 32.3 Å². The summed E-state index contributed by atoms with van der Waals surface area (Å²) in [6.45, 7) is 1.57. The minimum absolute atomic E-state index is 0.0283. The Labute approximate surface area is 187 Å². The van der Waals surface area contributed by atoms with Crippen LogP contribution in [0.3, 0.4) is 0 Å². The van der Waals surface area contributed by atoms with Crippen molar-refractivity contribution in [3.8, 4) is 0 Å². The third-order valence-electron chi connectivity index (χ3n) is 5.35. The van der Waals surface area contributed by atoms with Crippen LogP contribution in [-0.2, 0) is 30.9 Å². The highest BCUT2D eigenvalue weighted by molar-refractivity contribution is 7.89. The van der Waals surface area contributed by atoms with E-state index >= 15 is 0 Å². The summed E-state index contributed by atoms with van der Waals surface area (Å²) in [6, 6.07) is 11.2. The molecule has 8 nitrogen and oxygen atoms in total. The van der Waals surface area contributed by atoms with Crippen molar-refractivity contribution in [1.82, 2.24) is 4.31 Å². The zero-order valence-corrected chi connectivity index (χ0v) is 18.8. The SMILES string of the molecule is COC(=O)c1ccc(COC(=O)C2CCCCN2S(=O)(=O)c2ccc(C(C)=O)cc2)cc1. The normalized spacial score (nSPS) is 16.9. The molecule has 0 aliphatic carbocycles. The molecular formula is C23H25NO7S. The average molecular weight is 460 g/mol. The van der Waals surface area contributed by atoms with E-state index in [1.54, 1.807) is 24.3 Å². The van der Waals surface area contributed by atoms with Crippen molar-refractivity contribution in [2.24, 2.45) is 0 Å². The van der Waals surface area contributed by atoms with Crippen molar-refractivity contribution in [2.75, 3.05) is 13.7 Å². The van der Waals surface area contributed by atoms with Crippen molar-refractivity contribution in [3.63, 3.8) is 0 Å². The summed E-state index contributed by atoms with van der Waals surface area (Å²) in [5.74, 6) is -1.24. The number of hydrogen-bond acceptors (Lipinski definition) is 7. The van der Waals surface area contributed by atoms with Gasteiger partial charge in [-0.3, -0.25) is 9.59 Å². The van der Waals surface area contributed by atoms with Gasteiger partial charge in [-0.25, -0.2) is 13.2 Å². The van der Waals surface area contributed by atoms with E-state index in [1.165, 1.54) is 42.6 Å². The molecule has 1 aliphatic heterocycles. The Morgan fingerprint density at radius 1 is 0.969 bits per heavy atom. The minimum atomic E-state index is -3.93. The first-order chi connectivity index (χ1) is 15.2. The number of ketones is 1. The number of carbonyl (C=O) groups excluding carboxylic acids is 3. The Kier molecular flexibility index (Phi) is 7.42. The van der Waals surface area contributed by atoms with E-state index in [-0.39, 0.29) is 23.8 Å². The molecular weight excluding hydrogens is 434 g/mol. The number of rotatable bonds is 7. The summed E-state index contributed by atoms with van der Waals surface area (Å²) in [5, 5.41) is 0. The fraction of sp³-hybridized carbons (Fsp3) is 0.348. The van der Waals surface area contributed by atoms with Crippen LogP contribution in [0.5, 0.6) is 0 Å². The van der Waals surface area contributed by atoms with Gasteiger partial charge in [-0.2, -0.15) is 4.31 Å². The molecule has 1 fully saturated rings. The van der Waals surface area contributed by atoms with Crippen molar-refractivity contribution in [3.05, 3.63) is 65.2 Å². The Hall–Kier alpha value is -3.04. The highest BCUT2D eigenvalue weighted by Gasteiger charge is 2.38. The van der Waals surface area contributed by atoms with Crippen LogP contribution in [-0.4, -0.2) is 50.1 Å². The summed E-state index contributed by atoms with van der Waals surface area (Å²) >= 11 is 0. The summed E-state index contributed by atoms with van der Waals surface area (Å²) in [7, 11) is -2.64. The smallest absolute Gasteiger partial charge is 0.337 e. The summed E-state index contributed by atoms with van der Waals surface area (Å²) < 4.78 is 37.6. The molecule has 0 bridgehead atoms. The maximum absolute atomic E-state index is 13.2. The highest BCUT2D eigenvalue weighted by atomic mass is 32.2. The van der Waals surface area contributed by atoms with Crippen LogP contribution >= 0.6 is 0 Å². The lowest BCUT2D eigenvalue weighted by atomic mass is 10.1. The van der Waals surface area contributed by atoms with Gasteiger partial charge in [0.25, 0.3) is 0 Å². The summed E-state index contributed by atoms with van der Waals surface area (Å²) in [6.07, 6.45) is 1.72. The molecule has 2 aromatic carbocycles. The number of sulfonamides is 1. The van der Waals surface area contributed by atoms with Gasteiger partial charge < -0.3 is 9.47 Å². The fourth-order valence-corrected chi connectivity index (χ4v) is 5.18. The van der Waals surface area contributed by atoms with Crippen molar-refractivity contribution in [1.29, 1.82) is 0 Å². The van der Waals surface area contributed by atoms with Crippen molar-refractivity contribution in [2.45, 2.75) is 43.7 Å². The Morgan fingerprint density at radius 3 is 2.19 bits per heavy atom. The Bertz CT molecular complexity index is 1090. The molecule has 3 rings (SSSR count). The highest BCUT2D eigenvalue weighted by Crippen LogP contribution is 2.27. The van der Waals surface area contributed by atoms with Gasteiger partial charge in [-0.15, -0.1) is 0 Å². The predicted molar refractivity (Wildman–Crippen MR) is 116 cm³/mol. The first kappa shape index (κ1) is 23.6.